The van der Waals surface area contributed by atoms with Crippen LogP contribution in [0.1, 0.15) is 13.8 Å². The van der Waals surface area contributed by atoms with Gasteiger partial charge in [-0.15, -0.1) is 0 Å². The second-order valence-corrected chi connectivity index (χ2v) is 3.16. The summed E-state index contributed by atoms with van der Waals surface area (Å²) in [5.41, 5.74) is 9.69. The summed E-state index contributed by atoms with van der Waals surface area (Å²) in [6, 6.07) is 16.7. The topological polar surface area (TPSA) is 52.0 Å². The normalized spacial score (nSPS) is 8.50. The van der Waals surface area contributed by atoms with E-state index in [1.165, 1.54) is 10.8 Å². The summed E-state index contributed by atoms with van der Waals surface area (Å²) in [5, 5.41) is 2.62. The molecule has 2 aromatic rings. The fraction of sp³-hybridized carbons (Fsp3) is 0.286. The monoisotopic (exact) mass is 218 g/mol. The molecule has 0 amide bonds. The van der Waals surface area contributed by atoms with Gasteiger partial charge in [0.05, 0.1) is 0 Å². The maximum absolute atomic E-state index is 4.85. The van der Waals surface area contributed by atoms with Crippen molar-refractivity contribution < 1.29 is 0 Å². The third kappa shape index (κ3) is 6.17. The first-order valence-corrected chi connectivity index (χ1v) is 5.64. The molecule has 0 unspecified atom stereocenters. The van der Waals surface area contributed by atoms with Crippen molar-refractivity contribution in [3.8, 4) is 0 Å². The highest BCUT2D eigenvalue weighted by Crippen LogP contribution is 2.11. The minimum absolute atomic E-state index is 0.750. The zero-order chi connectivity index (χ0) is 12.2. The molecule has 0 bridgehead atoms. The van der Waals surface area contributed by atoms with Gasteiger partial charge in [-0.2, -0.15) is 0 Å². The van der Waals surface area contributed by atoms with E-state index in [1.54, 1.807) is 0 Å². The Kier molecular flexibility index (Phi) is 9.27. The number of rotatable bonds is 0. The molecule has 0 radical (unpaired) electrons. The molecule has 0 spiro atoms. The highest BCUT2D eigenvalue weighted by molar-refractivity contribution is 5.81. The van der Waals surface area contributed by atoms with Gasteiger partial charge in [0.15, 0.2) is 0 Å². The molecule has 0 saturated heterocycles. The van der Waals surface area contributed by atoms with Crippen LogP contribution in [0.25, 0.3) is 10.8 Å². The highest BCUT2D eigenvalue weighted by atomic mass is 14.5. The lowest BCUT2D eigenvalue weighted by atomic mass is 10.1. The molecule has 16 heavy (non-hydrogen) atoms. The van der Waals surface area contributed by atoms with Gasteiger partial charge in [0.25, 0.3) is 0 Å². The van der Waals surface area contributed by atoms with Crippen molar-refractivity contribution in [2.45, 2.75) is 13.8 Å². The zero-order valence-electron chi connectivity index (χ0n) is 10.2. The Morgan fingerprint density at radius 1 is 0.688 bits per heavy atom. The molecule has 0 aliphatic carbocycles. The molecule has 2 rings (SSSR count). The molecule has 4 N–H and O–H groups in total. The Balaban J connectivity index is 0.000000321. The third-order valence-electron chi connectivity index (χ3n) is 1.66. The molecule has 0 atom stereocenters. The van der Waals surface area contributed by atoms with Gasteiger partial charge in [0.2, 0.25) is 0 Å². The quantitative estimate of drug-likeness (QED) is 0.714. The van der Waals surface area contributed by atoms with Gasteiger partial charge in [-0.3, -0.25) is 0 Å². The van der Waals surface area contributed by atoms with Gasteiger partial charge in [0.1, 0.15) is 0 Å². The van der Waals surface area contributed by atoms with Crippen molar-refractivity contribution in [1.29, 1.82) is 0 Å². The Hall–Kier alpha value is -1.38. The van der Waals surface area contributed by atoms with Gasteiger partial charge in [-0.05, 0) is 23.9 Å². The molecule has 88 valence electrons. The smallest absolute Gasteiger partial charge is 0.0106 e. The van der Waals surface area contributed by atoms with Crippen LogP contribution in [-0.4, -0.2) is 13.1 Å². The van der Waals surface area contributed by atoms with Crippen molar-refractivity contribution in [1.82, 2.24) is 0 Å². The fourth-order valence-electron chi connectivity index (χ4n) is 1.13. The molecule has 0 aliphatic heterocycles. The van der Waals surface area contributed by atoms with Crippen molar-refractivity contribution in [3.63, 3.8) is 0 Å². The van der Waals surface area contributed by atoms with Gasteiger partial charge < -0.3 is 11.5 Å². The molecule has 0 heterocycles. The van der Waals surface area contributed by atoms with Crippen molar-refractivity contribution in [3.05, 3.63) is 48.5 Å². The second-order valence-electron chi connectivity index (χ2n) is 3.16. The molecule has 0 aliphatic rings. The predicted molar refractivity (Wildman–Crippen MR) is 73.4 cm³/mol. The molecule has 2 aromatic carbocycles. The lowest BCUT2D eigenvalue weighted by molar-refractivity contribution is 1.14. The Morgan fingerprint density at radius 2 is 0.875 bits per heavy atom. The Bertz CT molecular complexity index is 304. The lowest BCUT2D eigenvalue weighted by Gasteiger charge is -1.92. The van der Waals surface area contributed by atoms with E-state index in [9.17, 15) is 0 Å². The summed E-state index contributed by atoms with van der Waals surface area (Å²) in [7, 11) is 0. The first kappa shape index (κ1) is 14.6. The minimum Gasteiger partial charge on any atom is -0.331 e. The summed E-state index contributed by atoms with van der Waals surface area (Å²) >= 11 is 0. The van der Waals surface area contributed by atoms with Crippen LogP contribution in [0.3, 0.4) is 0 Å². The number of benzene rings is 2. The Labute approximate surface area is 98.3 Å². The van der Waals surface area contributed by atoms with Crippen molar-refractivity contribution in [2.24, 2.45) is 11.5 Å². The Morgan fingerprint density at radius 3 is 1.06 bits per heavy atom. The van der Waals surface area contributed by atoms with Crippen LogP contribution in [0.15, 0.2) is 48.5 Å². The van der Waals surface area contributed by atoms with E-state index in [-0.39, 0.29) is 0 Å². The van der Waals surface area contributed by atoms with E-state index in [0.29, 0.717) is 0 Å². The van der Waals surface area contributed by atoms with Crippen LogP contribution >= 0.6 is 0 Å². The van der Waals surface area contributed by atoms with E-state index in [2.05, 4.69) is 48.5 Å². The zero-order valence-corrected chi connectivity index (χ0v) is 10.2. The van der Waals surface area contributed by atoms with Crippen LogP contribution in [0.2, 0.25) is 0 Å². The summed E-state index contributed by atoms with van der Waals surface area (Å²) in [4.78, 5) is 0. The van der Waals surface area contributed by atoms with Crippen molar-refractivity contribution in [2.75, 3.05) is 13.1 Å². The molecular formula is C14H22N2. The lowest BCUT2D eigenvalue weighted by Crippen LogP contribution is -1.87. The second kappa shape index (κ2) is 10.1. The maximum Gasteiger partial charge on any atom is -0.0106 e. The highest BCUT2D eigenvalue weighted by Gasteiger charge is 1.85. The van der Waals surface area contributed by atoms with Crippen LogP contribution in [0.5, 0.6) is 0 Å². The average Bonchev–Trinajstić information content (AvgIpc) is 2.31. The van der Waals surface area contributed by atoms with Gasteiger partial charge in [-0.25, -0.2) is 0 Å². The summed E-state index contributed by atoms with van der Waals surface area (Å²) < 4.78 is 0. The van der Waals surface area contributed by atoms with Crippen molar-refractivity contribution >= 4 is 10.8 Å². The van der Waals surface area contributed by atoms with Gasteiger partial charge in [-0.1, -0.05) is 62.4 Å². The third-order valence-corrected chi connectivity index (χ3v) is 1.66. The molecular weight excluding hydrogens is 196 g/mol. The molecule has 0 fully saturated rings. The van der Waals surface area contributed by atoms with Crippen LogP contribution in [-0.2, 0) is 0 Å². The standard InChI is InChI=1S/C10H8.2C2H7N/c1-2-6-10-8-4-3-7-9(10)5-1;2*1-2-3/h1-8H;2*2-3H2,1H3. The van der Waals surface area contributed by atoms with E-state index >= 15 is 0 Å². The van der Waals surface area contributed by atoms with E-state index in [1.807, 2.05) is 13.8 Å². The number of fused-ring (bicyclic) bond motifs is 1. The van der Waals surface area contributed by atoms with Gasteiger partial charge >= 0.3 is 0 Å². The number of hydrogen-bond acceptors (Lipinski definition) is 2. The van der Waals surface area contributed by atoms with Crippen LogP contribution in [0, 0.1) is 0 Å². The molecule has 2 nitrogen and oxygen atoms in total. The first-order chi connectivity index (χ1) is 7.79. The average molecular weight is 218 g/mol. The summed E-state index contributed by atoms with van der Waals surface area (Å²) in [6.07, 6.45) is 0. The number of nitrogens with two attached hydrogens (primary N) is 2. The van der Waals surface area contributed by atoms with Crippen LogP contribution < -0.4 is 11.5 Å². The summed E-state index contributed by atoms with van der Waals surface area (Å²) in [5.74, 6) is 0. The first-order valence-electron chi connectivity index (χ1n) is 5.64. The molecule has 0 aromatic heterocycles. The van der Waals surface area contributed by atoms with E-state index in [4.69, 9.17) is 11.5 Å². The van der Waals surface area contributed by atoms with E-state index < -0.39 is 0 Å². The number of hydrogen-bond donors (Lipinski definition) is 2. The summed E-state index contributed by atoms with van der Waals surface area (Å²) in [6.45, 7) is 5.31. The predicted octanol–water partition coefficient (Wildman–Crippen LogP) is 2.77. The minimum atomic E-state index is 0.750. The van der Waals surface area contributed by atoms with Crippen LogP contribution in [0.4, 0.5) is 0 Å². The SMILES string of the molecule is CCN.CCN.c1ccc2ccccc2c1. The van der Waals surface area contributed by atoms with Gasteiger partial charge in [0, 0.05) is 0 Å². The van der Waals surface area contributed by atoms with E-state index in [0.717, 1.165) is 13.1 Å². The maximum atomic E-state index is 4.85. The molecule has 2 heteroatoms. The molecule has 0 saturated carbocycles. The fourth-order valence-corrected chi connectivity index (χ4v) is 1.13. The largest absolute Gasteiger partial charge is 0.331 e.